The van der Waals surface area contributed by atoms with Crippen molar-refractivity contribution in [3.05, 3.63) is 38.5 Å². The summed E-state index contributed by atoms with van der Waals surface area (Å²) in [6.45, 7) is 3.72. The average molecular weight is 292 g/mol. The summed E-state index contributed by atoms with van der Waals surface area (Å²) in [7, 11) is 0. The number of likely N-dealkylation sites (tertiary alicyclic amines) is 1. The number of aromatic nitrogens is 1. The molecule has 0 aliphatic carbocycles. The van der Waals surface area contributed by atoms with Crippen molar-refractivity contribution in [1.82, 2.24) is 9.88 Å². The smallest absolute Gasteiger partial charge is 0.263 e. The largest absolute Gasteiger partial charge is 0.337 e. The third-order valence-electron chi connectivity index (χ3n) is 3.46. The van der Waals surface area contributed by atoms with Crippen molar-refractivity contribution < 1.29 is 4.79 Å². The number of rotatable bonds is 2. The first-order chi connectivity index (χ1) is 9.24. The van der Waals surface area contributed by atoms with E-state index in [1.54, 1.807) is 22.7 Å². The fraction of sp³-hybridized carbons (Fsp3) is 0.429. The van der Waals surface area contributed by atoms with E-state index in [4.69, 9.17) is 0 Å². The lowest BCUT2D eigenvalue weighted by Gasteiger charge is -2.31. The van der Waals surface area contributed by atoms with Gasteiger partial charge in [-0.3, -0.25) is 4.79 Å². The molecule has 100 valence electrons. The molecule has 1 atom stereocenters. The van der Waals surface area contributed by atoms with Gasteiger partial charge in [-0.2, -0.15) is 0 Å². The quantitative estimate of drug-likeness (QED) is 0.848. The summed E-state index contributed by atoms with van der Waals surface area (Å²) in [5.41, 5.74) is 0. The molecule has 19 heavy (non-hydrogen) atoms. The number of aryl methyl sites for hydroxylation is 1. The van der Waals surface area contributed by atoms with Gasteiger partial charge in [-0.05, 0) is 31.9 Å². The summed E-state index contributed by atoms with van der Waals surface area (Å²) in [5, 5.41) is 3.18. The van der Waals surface area contributed by atoms with Crippen molar-refractivity contribution in [2.75, 3.05) is 13.1 Å². The molecule has 5 heteroatoms. The standard InChI is InChI=1S/C14H16N2OS2/c1-10-4-5-12(19-10)14(17)16-7-2-3-11(9-16)13-15-6-8-18-13/h4-6,8,11H,2-3,7,9H2,1H3. The Labute approximate surface area is 120 Å². The number of thiophene rings is 1. The second-order valence-corrected chi connectivity index (χ2v) is 7.09. The molecule has 1 unspecified atom stereocenters. The molecule has 0 bridgehead atoms. The Balaban J connectivity index is 1.73. The van der Waals surface area contributed by atoms with Crippen molar-refractivity contribution in [3.63, 3.8) is 0 Å². The molecule has 1 amide bonds. The van der Waals surface area contributed by atoms with Crippen LogP contribution in [-0.2, 0) is 0 Å². The van der Waals surface area contributed by atoms with Gasteiger partial charge >= 0.3 is 0 Å². The molecule has 0 aromatic carbocycles. The van der Waals surface area contributed by atoms with Crippen molar-refractivity contribution in [3.8, 4) is 0 Å². The summed E-state index contributed by atoms with van der Waals surface area (Å²) >= 11 is 3.28. The van der Waals surface area contributed by atoms with Crippen LogP contribution in [0.4, 0.5) is 0 Å². The minimum Gasteiger partial charge on any atom is -0.337 e. The molecule has 0 N–H and O–H groups in total. The fourth-order valence-corrected chi connectivity index (χ4v) is 4.11. The van der Waals surface area contributed by atoms with E-state index >= 15 is 0 Å². The molecular formula is C14H16N2OS2. The van der Waals surface area contributed by atoms with Gasteiger partial charge < -0.3 is 4.90 Å². The van der Waals surface area contributed by atoms with Crippen LogP contribution in [0.15, 0.2) is 23.7 Å². The van der Waals surface area contributed by atoms with E-state index < -0.39 is 0 Å². The maximum absolute atomic E-state index is 12.4. The lowest BCUT2D eigenvalue weighted by atomic mass is 9.98. The maximum atomic E-state index is 12.4. The maximum Gasteiger partial charge on any atom is 0.263 e. The van der Waals surface area contributed by atoms with Gasteiger partial charge in [0, 0.05) is 35.5 Å². The predicted molar refractivity (Wildman–Crippen MR) is 79.0 cm³/mol. The highest BCUT2D eigenvalue weighted by Crippen LogP contribution is 2.29. The molecule has 0 saturated carbocycles. The van der Waals surface area contributed by atoms with E-state index in [0.29, 0.717) is 5.92 Å². The third-order valence-corrected chi connectivity index (χ3v) is 5.39. The Hall–Kier alpha value is -1.20. The number of nitrogens with zero attached hydrogens (tertiary/aromatic N) is 2. The molecule has 3 nitrogen and oxygen atoms in total. The van der Waals surface area contributed by atoms with Gasteiger partial charge in [0.05, 0.1) is 9.88 Å². The molecule has 3 rings (SSSR count). The summed E-state index contributed by atoms with van der Waals surface area (Å²) in [6.07, 6.45) is 4.06. The Bertz CT molecular complexity index is 562. The lowest BCUT2D eigenvalue weighted by molar-refractivity contribution is 0.0712. The number of amides is 1. The van der Waals surface area contributed by atoms with E-state index in [0.717, 1.165) is 30.8 Å². The van der Waals surface area contributed by atoms with Crippen LogP contribution in [-0.4, -0.2) is 28.9 Å². The molecule has 0 spiro atoms. The monoisotopic (exact) mass is 292 g/mol. The van der Waals surface area contributed by atoms with Gasteiger partial charge in [-0.1, -0.05) is 0 Å². The zero-order chi connectivity index (χ0) is 13.2. The van der Waals surface area contributed by atoms with E-state index in [-0.39, 0.29) is 5.91 Å². The fourth-order valence-electron chi connectivity index (χ4n) is 2.50. The van der Waals surface area contributed by atoms with Crippen molar-refractivity contribution in [1.29, 1.82) is 0 Å². The minimum absolute atomic E-state index is 0.180. The molecule has 3 heterocycles. The topological polar surface area (TPSA) is 33.2 Å². The summed E-state index contributed by atoms with van der Waals surface area (Å²) in [4.78, 5) is 20.9. The molecule has 1 aliphatic heterocycles. The van der Waals surface area contributed by atoms with E-state index in [1.807, 2.05) is 35.5 Å². The number of hydrogen-bond donors (Lipinski definition) is 0. The molecule has 1 aliphatic rings. The second-order valence-electron chi connectivity index (χ2n) is 4.87. The highest BCUT2D eigenvalue weighted by molar-refractivity contribution is 7.13. The van der Waals surface area contributed by atoms with Gasteiger partial charge in [0.2, 0.25) is 0 Å². The van der Waals surface area contributed by atoms with E-state index in [2.05, 4.69) is 4.98 Å². The first-order valence-corrected chi connectivity index (χ1v) is 8.19. The number of carbonyl (C=O) groups excluding carboxylic acids is 1. The van der Waals surface area contributed by atoms with Crippen LogP contribution in [0.5, 0.6) is 0 Å². The SMILES string of the molecule is Cc1ccc(C(=O)N2CCCC(c3nccs3)C2)s1. The van der Waals surface area contributed by atoms with Gasteiger partial charge in [-0.15, -0.1) is 22.7 Å². The van der Waals surface area contributed by atoms with Crippen LogP contribution in [0.3, 0.4) is 0 Å². The highest BCUT2D eigenvalue weighted by Gasteiger charge is 2.27. The average Bonchev–Trinajstić information content (AvgIpc) is 3.09. The van der Waals surface area contributed by atoms with Gasteiger partial charge in [0.15, 0.2) is 0 Å². The second kappa shape index (κ2) is 5.43. The Morgan fingerprint density at radius 1 is 1.47 bits per heavy atom. The molecule has 2 aromatic heterocycles. The minimum atomic E-state index is 0.180. The summed E-state index contributed by atoms with van der Waals surface area (Å²) in [5.74, 6) is 0.595. The first kappa shape index (κ1) is 12.8. The molecule has 0 radical (unpaired) electrons. The van der Waals surface area contributed by atoms with Gasteiger partial charge in [0.1, 0.15) is 0 Å². The van der Waals surface area contributed by atoms with Crippen LogP contribution in [0.1, 0.15) is 38.3 Å². The van der Waals surface area contributed by atoms with Crippen molar-refractivity contribution in [2.24, 2.45) is 0 Å². The zero-order valence-electron chi connectivity index (χ0n) is 10.8. The lowest BCUT2D eigenvalue weighted by Crippen LogP contribution is -2.38. The van der Waals surface area contributed by atoms with Crippen LogP contribution < -0.4 is 0 Å². The normalized spacial score (nSPS) is 19.6. The van der Waals surface area contributed by atoms with E-state index in [9.17, 15) is 4.79 Å². The van der Waals surface area contributed by atoms with E-state index in [1.165, 1.54) is 9.88 Å². The predicted octanol–water partition coefficient (Wildman–Crippen LogP) is 3.53. The Morgan fingerprint density at radius 3 is 3.05 bits per heavy atom. The summed E-state index contributed by atoms with van der Waals surface area (Å²) in [6, 6.07) is 3.95. The molecule has 1 saturated heterocycles. The number of carbonyl (C=O) groups is 1. The zero-order valence-corrected chi connectivity index (χ0v) is 12.5. The number of thiazole rings is 1. The van der Waals surface area contributed by atoms with Crippen LogP contribution in [0.25, 0.3) is 0 Å². The van der Waals surface area contributed by atoms with Crippen LogP contribution in [0, 0.1) is 6.92 Å². The summed E-state index contributed by atoms with van der Waals surface area (Å²) < 4.78 is 0. The number of hydrogen-bond acceptors (Lipinski definition) is 4. The van der Waals surface area contributed by atoms with Crippen LogP contribution >= 0.6 is 22.7 Å². The first-order valence-electron chi connectivity index (χ1n) is 6.49. The van der Waals surface area contributed by atoms with Gasteiger partial charge in [-0.25, -0.2) is 4.98 Å². The van der Waals surface area contributed by atoms with Crippen molar-refractivity contribution in [2.45, 2.75) is 25.7 Å². The molecular weight excluding hydrogens is 276 g/mol. The van der Waals surface area contributed by atoms with Crippen molar-refractivity contribution >= 4 is 28.6 Å². The number of piperidine rings is 1. The third kappa shape index (κ3) is 2.72. The van der Waals surface area contributed by atoms with Crippen LogP contribution in [0.2, 0.25) is 0 Å². The highest BCUT2D eigenvalue weighted by atomic mass is 32.1. The molecule has 1 fully saturated rings. The molecule has 2 aromatic rings. The van der Waals surface area contributed by atoms with Gasteiger partial charge in [0.25, 0.3) is 5.91 Å². The Morgan fingerprint density at radius 2 is 2.37 bits per heavy atom. The Kier molecular flexibility index (Phi) is 3.66.